The van der Waals surface area contributed by atoms with Crippen LogP contribution in [0, 0.1) is 10.1 Å². The molecule has 0 unspecified atom stereocenters. The number of hydrogen-bond donors (Lipinski definition) is 0. The molecular formula is C6H2ClN3O2S. The third-order valence-electron chi connectivity index (χ3n) is 1.45. The van der Waals surface area contributed by atoms with Gasteiger partial charge in [-0.1, -0.05) is 11.6 Å². The van der Waals surface area contributed by atoms with Crippen LogP contribution in [0.4, 0.5) is 5.69 Å². The van der Waals surface area contributed by atoms with Crippen LogP contribution in [0.1, 0.15) is 0 Å². The molecule has 0 atom stereocenters. The molecule has 7 heteroatoms. The summed E-state index contributed by atoms with van der Waals surface area (Å²) < 4.78 is 0.663. The van der Waals surface area contributed by atoms with Crippen molar-refractivity contribution in [1.29, 1.82) is 0 Å². The van der Waals surface area contributed by atoms with Crippen LogP contribution in [0.2, 0.25) is 5.15 Å². The molecule has 5 nitrogen and oxygen atoms in total. The van der Waals surface area contributed by atoms with Gasteiger partial charge in [0.25, 0.3) is 0 Å². The van der Waals surface area contributed by atoms with E-state index >= 15 is 0 Å². The summed E-state index contributed by atoms with van der Waals surface area (Å²) in [6.45, 7) is 0. The first-order valence-electron chi connectivity index (χ1n) is 3.22. The van der Waals surface area contributed by atoms with Gasteiger partial charge in [0.1, 0.15) is 0 Å². The standard InChI is InChI=1S/C6H2ClN3O2S/c7-5-3(10(11)12)1-4-6(9-5)8-2-13-4/h1-2H. The SMILES string of the molecule is O=[N+]([O-])c1cc2scnc2nc1Cl. The smallest absolute Gasteiger partial charge is 0.258 e. The van der Waals surface area contributed by atoms with Crippen LogP contribution in [0.15, 0.2) is 11.6 Å². The number of thiazole rings is 1. The predicted octanol–water partition coefficient (Wildman–Crippen LogP) is 2.25. The monoisotopic (exact) mass is 215 g/mol. The van der Waals surface area contributed by atoms with Crippen molar-refractivity contribution in [3.63, 3.8) is 0 Å². The number of hydrogen-bond acceptors (Lipinski definition) is 5. The van der Waals surface area contributed by atoms with Crippen molar-refractivity contribution in [1.82, 2.24) is 9.97 Å². The van der Waals surface area contributed by atoms with Crippen LogP contribution < -0.4 is 0 Å². The molecule has 0 aliphatic rings. The minimum absolute atomic E-state index is 0.122. The Morgan fingerprint density at radius 3 is 3.08 bits per heavy atom. The van der Waals surface area contributed by atoms with E-state index in [1.165, 1.54) is 17.4 Å². The summed E-state index contributed by atoms with van der Waals surface area (Å²) in [5.41, 5.74) is 1.83. The summed E-state index contributed by atoms with van der Waals surface area (Å²) in [7, 11) is 0. The van der Waals surface area contributed by atoms with Gasteiger partial charge in [0.2, 0.25) is 5.15 Å². The van der Waals surface area contributed by atoms with Gasteiger partial charge in [-0.2, -0.15) is 0 Å². The van der Waals surface area contributed by atoms with E-state index < -0.39 is 4.92 Å². The Hall–Kier alpha value is -1.27. The van der Waals surface area contributed by atoms with Crippen LogP contribution in [0.5, 0.6) is 0 Å². The number of fused-ring (bicyclic) bond motifs is 1. The molecule has 0 aromatic carbocycles. The van der Waals surface area contributed by atoms with Crippen LogP contribution in [-0.2, 0) is 0 Å². The zero-order valence-corrected chi connectivity index (χ0v) is 7.67. The number of rotatable bonds is 1. The fourth-order valence-corrected chi connectivity index (χ4v) is 1.75. The van der Waals surface area contributed by atoms with Gasteiger partial charge in [-0.15, -0.1) is 11.3 Å². The van der Waals surface area contributed by atoms with Crippen molar-refractivity contribution in [2.24, 2.45) is 0 Å². The van der Waals surface area contributed by atoms with Gasteiger partial charge in [0, 0.05) is 6.07 Å². The van der Waals surface area contributed by atoms with Gasteiger partial charge in [-0.25, -0.2) is 9.97 Å². The van der Waals surface area contributed by atoms with Crippen LogP contribution in [0.3, 0.4) is 0 Å². The maximum Gasteiger partial charge on any atom is 0.308 e. The van der Waals surface area contributed by atoms with Gasteiger partial charge < -0.3 is 0 Å². The molecule has 0 radical (unpaired) electrons. The third kappa shape index (κ3) is 1.34. The van der Waals surface area contributed by atoms with E-state index in [9.17, 15) is 10.1 Å². The van der Waals surface area contributed by atoms with Gasteiger partial charge in [0.05, 0.1) is 15.1 Å². The molecule has 0 aliphatic carbocycles. The highest BCUT2D eigenvalue weighted by Crippen LogP contribution is 2.27. The number of pyridine rings is 1. The summed E-state index contributed by atoms with van der Waals surface area (Å²) in [5.74, 6) is 0. The first kappa shape index (κ1) is 8.33. The van der Waals surface area contributed by atoms with Crippen molar-refractivity contribution >= 4 is 39.0 Å². The van der Waals surface area contributed by atoms with E-state index in [2.05, 4.69) is 9.97 Å². The number of halogens is 1. The minimum atomic E-state index is -0.561. The molecule has 0 N–H and O–H groups in total. The fraction of sp³-hybridized carbons (Fsp3) is 0. The van der Waals surface area contributed by atoms with Crippen molar-refractivity contribution in [3.05, 3.63) is 26.8 Å². The highest BCUT2D eigenvalue weighted by molar-refractivity contribution is 7.16. The lowest BCUT2D eigenvalue weighted by Crippen LogP contribution is -1.90. The Bertz CT molecular complexity index is 484. The lowest BCUT2D eigenvalue weighted by atomic mass is 10.4. The second kappa shape index (κ2) is 2.90. The zero-order valence-electron chi connectivity index (χ0n) is 6.10. The topological polar surface area (TPSA) is 68.9 Å². The van der Waals surface area contributed by atoms with Gasteiger partial charge in [-0.05, 0) is 0 Å². The van der Waals surface area contributed by atoms with E-state index in [1.54, 1.807) is 5.51 Å². The van der Waals surface area contributed by atoms with Gasteiger partial charge >= 0.3 is 5.69 Å². The highest BCUT2D eigenvalue weighted by Gasteiger charge is 2.15. The quantitative estimate of drug-likeness (QED) is 0.416. The number of nitro groups is 1. The Balaban J connectivity index is 2.76. The molecule has 2 rings (SSSR count). The first-order valence-corrected chi connectivity index (χ1v) is 4.48. The molecule has 0 bridgehead atoms. The average Bonchev–Trinajstić information content (AvgIpc) is 2.48. The molecule has 2 aromatic rings. The summed E-state index contributed by atoms with van der Waals surface area (Å²) in [6.07, 6.45) is 0. The van der Waals surface area contributed by atoms with E-state index in [4.69, 9.17) is 11.6 Å². The van der Waals surface area contributed by atoms with Crippen molar-refractivity contribution in [2.45, 2.75) is 0 Å². The lowest BCUT2D eigenvalue weighted by molar-refractivity contribution is -0.384. The Labute approximate surface area is 81.1 Å². The molecule has 0 spiro atoms. The Morgan fingerprint density at radius 2 is 2.38 bits per heavy atom. The third-order valence-corrected chi connectivity index (χ3v) is 2.50. The summed E-state index contributed by atoms with van der Waals surface area (Å²) in [6, 6.07) is 1.38. The second-order valence-corrected chi connectivity index (χ2v) is 3.47. The molecule has 66 valence electrons. The van der Waals surface area contributed by atoms with Crippen LogP contribution >= 0.6 is 22.9 Å². The Morgan fingerprint density at radius 1 is 1.62 bits per heavy atom. The van der Waals surface area contributed by atoms with Crippen molar-refractivity contribution < 1.29 is 4.92 Å². The molecule has 13 heavy (non-hydrogen) atoms. The lowest BCUT2D eigenvalue weighted by Gasteiger charge is -1.92. The van der Waals surface area contributed by atoms with Crippen molar-refractivity contribution in [3.8, 4) is 0 Å². The average molecular weight is 216 g/mol. The molecule has 0 aliphatic heterocycles. The normalized spacial score (nSPS) is 10.5. The van der Waals surface area contributed by atoms with E-state index in [-0.39, 0.29) is 10.8 Å². The minimum Gasteiger partial charge on any atom is -0.258 e. The maximum absolute atomic E-state index is 10.5. The molecule has 2 aromatic heterocycles. The van der Waals surface area contributed by atoms with Crippen LogP contribution in [0.25, 0.3) is 10.3 Å². The summed E-state index contributed by atoms with van der Waals surface area (Å²) in [5, 5.41) is 10.3. The predicted molar refractivity (Wildman–Crippen MR) is 49.1 cm³/mol. The van der Waals surface area contributed by atoms with Gasteiger partial charge in [0.15, 0.2) is 5.65 Å². The summed E-state index contributed by atoms with van der Waals surface area (Å²) >= 11 is 6.86. The largest absolute Gasteiger partial charge is 0.308 e. The van der Waals surface area contributed by atoms with E-state index in [0.717, 1.165) is 0 Å². The fourth-order valence-electron chi connectivity index (χ4n) is 0.894. The molecule has 0 saturated carbocycles. The number of aromatic nitrogens is 2. The zero-order chi connectivity index (χ0) is 9.42. The summed E-state index contributed by atoms with van der Waals surface area (Å²) in [4.78, 5) is 17.6. The number of nitrogens with zero attached hydrogens (tertiary/aromatic N) is 3. The van der Waals surface area contributed by atoms with E-state index in [0.29, 0.717) is 10.3 Å². The van der Waals surface area contributed by atoms with Crippen LogP contribution in [-0.4, -0.2) is 14.9 Å². The molecule has 0 amide bonds. The molecule has 0 fully saturated rings. The molecule has 2 heterocycles. The first-order chi connectivity index (χ1) is 6.18. The molecule has 0 saturated heterocycles. The highest BCUT2D eigenvalue weighted by atomic mass is 35.5. The van der Waals surface area contributed by atoms with Crippen molar-refractivity contribution in [2.75, 3.05) is 0 Å². The van der Waals surface area contributed by atoms with Gasteiger partial charge in [-0.3, -0.25) is 10.1 Å². The van der Waals surface area contributed by atoms with E-state index in [1.807, 2.05) is 0 Å². The second-order valence-electron chi connectivity index (χ2n) is 2.23. The maximum atomic E-state index is 10.5. The molecular weight excluding hydrogens is 214 g/mol. The Kier molecular flexibility index (Phi) is 1.86.